The summed E-state index contributed by atoms with van der Waals surface area (Å²) in [5, 5.41) is 21.9. The molecule has 1 atom stereocenters. The van der Waals surface area contributed by atoms with Crippen molar-refractivity contribution in [3.63, 3.8) is 0 Å². The summed E-state index contributed by atoms with van der Waals surface area (Å²) in [5.74, 6) is -4.59. The van der Waals surface area contributed by atoms with Gasteiger partial charge in [-0.1, -0.05) is 21.6 Å². The van der Waals surface area contributed by atoms with Crippen LogP contribution < -0.4 is 10.6 Å². The fraction of sp³-hybridized carbons (Fsp3) is 0.231. The summed E-state index contributed by atoms with van der Waals surface area (Å²) in [6.45, 7) is 1.40. The molecule has 1 aromatic rings. The number of nitrogens with one attached hydrogen (secondary N) is 2. The first-order valence-electron chi connectivity index (χ1n) is 6.23. The molecular formula is C13H14N2O6S2. The Hall–Kier alpha value is -2.20. The molecule has 0 aliphatic heterocycles. The molecule has 8 nitrogen and oxygen atoms in total. The van der Waals surface area contributed by atoms with Crippen LogP contribution in [0.25, 0.3) is 0 Å². The Kier molecular flexibility index (Phi) is 7.42. The first-order valence-corrected chi connectivity index (χ1v) is 8.55. The number of aliphatic carboxylic acids is 2. The molecule has 124 valence electrons. The standard InChI is InChI=1S/C13H14N2O6S2/c1-7(16)14-8-2-4-9(5-3-8)23-22-6-10(12(18)19)15-11(17)13(20)21/h2-5,10H,6H2,1H3,(H,14,16)(H,15,17)(H,18,19)(H,20,21)/t10-/m0/s1. The van der Waals surface area contributed by atoms with Gasteiger partial charge in [-0.2, -0.15) is 0 Å². The number of carbonyl (C=O) groups is 4. The maximum atomic E-state index is 11.0. The van der Waals surface area contributed by atoms with Crippen molar-refractivity contribution < 1.29 is 29.4 Å². The van der Waals surface area contributed by atoms with Gasteiger partial charge in [-0.3, -0.25) is 9.59 Å². The second-order valence-electron chi connectivity index (χ2n) is 4.24. The van der Waals surface area contributed by atoms with Crippen molar-refractivity contribution >= 4 is 51.0 Å². The maximum Gasteiger partial charge on any atom is 0.394 e. The van der Waals surface area contributed by atoms with E-state index in [2.05, 4.69) is 5.32 Å². The number of benzene rings is 1. The molecule has 0 spiro atoms. The summed E-state index contributed by atoms with van der Waals surface area (Å²) >= 11 is 0. The van der Waals surface area contributed by atoms with Crippen LogP contribution in [0.1, 0.15) is 6.92 Å². The number of carboxylic acid groups (broad SMARTS) is 2. The fourth-order valence-corrected chi connectivity index (χ4v) is 3.53. The van der Waals surface area contributed by atoms with Crippen LogP contribution in [0.15, 0.2) is 29.2 Å². The van der Waals surface area contributed by atoms with Crippen molar-refractivity contribution in [1.82, 2.24) is 5.32 Å². The van der Waals surface area contributed by atoms with Gasteiger partial charge in [0.1, 0.15) is 6.04 Å². The Labute approximate surface area is 139 Å². The number of hydrogen-bond donors (Lipinski definition) is 4. The zero-order valence-corrected chi connectivity index (χ0v) is 13.6. The average molecular weight is 358 g/mol. The third kappa shape index (κ3) is 7.06. The van der Waals surface area contributed by atoms with Crippen molar-refractivity contribution in [2.75, 3.05) is 11.1 Å². The second kappa shape index (κ2) is 9.06. The minimum absolute atomic E-state index is 0.00747. The molecule has 0 unspecified atom stereocenters. The molecule has 10 heteroatoms. The van der Waals surface area contributed by atoms with Gasteiger partial charge >= 0.3 is 17.8 Å². The number of hydrogen-bond acceptors (Lipinski definition) is 6. The number of amides is 2. The lowest BCUT2D eigenvalue weighted by Gasteiger charge is -2.12. The molecule has 0 aliphatic carbocycles. The number of anilines is 1. The van der Waals surface area contributed by atoms with Crippen LogP contribution in [0.5, 0.6) is 0 Å². The van der Waals surface area contributed by atoms with Gasteiger partial charge in [0.2, 0.25) is 5.91 Å². The van der Waals surface area contributed by atoms with E-state index in [1.54, 1.807) is 24.3 Å². The fourth-order valence-electron chi connectivity index (χ4n) is 1.36. The summed E-state index contributed by atoms with van der Waals surface area (Å²) in [6.07, 6.45) is 0. The largest absolute Gasteiger partial charge is 0.480 e. The predicted octanol–water partition coefficient (Wildman–Crippen LogP) is 1.04. The summed E-state index contributed by atoms with van der Waals surface area (Å²) < 4.78 is 0. The molecule has 0 aromatic heterocycles. The smallest absolute Gasteiger partial charge is 0.394 e. The third-order valence-electron chi connectivity index (χ3n) is 2.36. The Morgan fingerprint density at radius 3 is 2.22 bits per heavy atom. The first kappa shape index (κ1) is 18.8. The van der Waals surface area contributed by atoms with Gasteiger partial charge in [-0.15, -0.1) is 0 Å². The number of rotatable bonds is 7. The van der Waals surface area contributed by atoms with E-state index in [1.807, 2.05) is 5.32 Å². The van der Waals surface area contributed by atoms with E-state index in [1.165, 1.54) is 17.7 Å². The monoisotopic (exact) mass is 358 g/mol. The van der Waals surface area contributed by atoms with Crippen molar-refractivity contribution in [1.29, 1.82) is 0 Å². The van der Waals surface area contributed by atoms with E-state index < -0.39 is 23.9 Å². The van der Waals surface area contributed by atoms with Crippen LogP contribution in [0, 0.1) is 0 Å². The van der Waals surface area contributed by atoms with Crippen molar-refractivity contribution in [2.45, 2.75) is 17.9 Å². The van der Waals surface area contributed by atoms with Crippen LogP contribution in [-0.2, 0) is 19.2 Å². The van der Waals surface area contributed by atoms with Gasteiger partial charge < -0.3 is 20.8 Å². The van der Waals surface area contributed by atoms with E-state index in [4.69, 9.17) is 10.2 Å². The van der Waals surface area contributed by atoms with Gasteiger partial charge in [0, 0.05) is 23.3 Å². The Morgan fingerprint density at radius 1 is 1.13 bits per heavy atom. The lowest BCUT2D eigenvalue weighted by Crippen LogP contribution is -2.45. The van der Waals surface area contributed by atoms with Crippen molar-refractivity contribution in [3.05, 3.63) is 24.3 Å². The Morgan fingerprint density at radius 2 is 1.74 bits per heavy atom. The van der Waals surface area contributed by atoms with Crippen molar-refractivity contribution in [3.8, 4) is 0 Å². The van der Waals surface area contributed by atoms with Crippen LogP contribution in [0.4, 0.5) is 5.69 Å². The van der Waals surface area contributed by atoms with E-state index in [0.29, 0.717) is 5.69 Å². The van der Waals surface area contributed by atoms with E-state index in [-0.39, 0.29) is 11.7 Å². The predicted molar refractivity (Wildman–Crippen MR) is 86.3 cm³/mol. The molecular weight excluding hydrogens is 344 g/mol. The quantitative estimate of drug-likeness (QED) is 0.420. The summed E-state index contributed by atoms with van der Waals surface area (Å²) in [5.41, 5.74) is 0.643. The van der Waals surface area contributed by atoms with Gasteiger partial charge in [0.15, 0.2) is 0 Å². The Bertz CT molecular complexity index is 605. The number of carboxylic acids is 2. The molecule has 0 radical (unpaired) electrons. The lowest BCUT2D eigenvalue weighted by atomic mass is 10.3. The molecule has 1 rings (SSSR count). The van der Waals surface area contributed by atoms with E-state index >= 15 is 0 Å². The molecule has 1 aromatic carbocycles. The molecule has 0 heterocycles. The van der Waals surface area contributed by atoms with Crippen molar-refractivity contribution in [2.24, 2.45) is 0 Å². The molecule has 0 aliphatic rings. The highest BCUT2D eigenvalue weighted by atomic mass is 33.1. The topological polar surface area (TPSA) is 133 Å². The molecule has 0 fully saturated rings. The number of carbonyl (C=O) groups excluding carboxylic acids is 2. The SMILES string of the molecule is CC(=O)Nc1ccc(SSC[C@H](NC(=O)C(=O)O)C(=O)O)cc1. The lowest BCUT2D eigenvalue weighted by molar-refractivity contribution is -0.151. The van der Waals surface area contributed by atoms with E-state index in [9.17, 15) is 19.2 Å². The molecule has 0 saturated carbocycles. The average Bonchev–Trinajstić information content (AvgIpc) is 2.46. The zero-order valence-electron chi connectivity index (χ0n) is 11.9. The van der Waals surface area contributed by atoms with Gasteiger partial charge in [0.25, 0.3) is 0 Å². The first-order chi connectivity index (χ1) is 10.8. The van der Waals surface area contributed by atoms with E-state index in [0.717, 1.165) is 15.7 Å². The third-order valence-corrected chi connectivity index (χ3v) is 4.75. The minimum atomic E-state index is -1.73. The molecule has 0 bridgehead atoms. The normalized spacial score (nSPS) is 11.3. The highest BCUT2D eigenvalue weighted by Gasteiger charge is 2.23. The molecule has 0 saturated heterocycles. The summed E-state index contributed by atoms with van der Waals surface area (Å²) in [4.78, 5) is 44.1. The Balaban J connectivity index is 2.49. The zero-order chi connectivity index (χ0) is 17.4. The summed E-state index contributed by atoms with van der Waals surface area (Å²) in [7, 11) is 2.43. The van der Waals surface area contributed by atoms with Gasteiger partial charge in [-0.25, -0.2) is 9.59 Å². The van der Waals surface area contributed by atoms with Gasteiger partial charge in [0.05, 0.1) is 0 Å². The van der Waals surface area contributed by atoms with Crippen LogP contribution in [0.2, 0.25) is 0 Å². The minimum Gasteiger partial charge on any atom is -0.480 e. The van der Waals surface area contributed by atoms with Crippen LogP contribution in [0.3, 0.4) is 0 Å². The van der Waals surface area contributed by atoms with Gasteiger partial charge in [-0.05, 0) is 24.3 Å². The van der Waals surface area contributed by atoms with Crippen LogP contribution in [-0.4, -0.2) is 45.8 Å². The molecule has 23 heavy (non-hydrogen) atoms. The molecule has 2 amide bonds. The van der Waals surface area contributed by atoms with Crippen LogP contribution >= 0.6 is 21.6 Å². The molecule has 4 N–H and O–H groups in total. The highest BCUT2D eigenvalue weighted by Crippen LogP contribution is 2.32. The summed E-state index contributed by atoms with van der Waals surface area (Å²) in [6, 6.07) is 5.59. The second-order valence-corrected chi connectivity index (χ2v) is 6.66. The maximum absolute atomic E-state index is 11.0. The highest BCUT2D eigenvalue weighted by molar-refractivity contribution is 8.76.